The molecule has 2 atom stereocenters. The van der Waals surface area contributed by atoms with Crippen LogP contribution < -0.4 is 10.6 Å². The number of carbonyl (C=O) groups excluding carboxylic acids is 2. The van der Waals surface area contributed by atoms with Gasteiger partial charge in [-0.15, -0.1) is 0 Å². The molecule has 0 radical (unpaired) electrons. The molecule has 25 heavy (non-hydrogen) atoms. The van der Waals surface area contributed by atoms with Gasteiger partial charge in [-0.1, -0.05) is 30.3 Å². The standard InChI is InChI=1S/C20H27N3O2/c24-19(16-7-8-16)21-18-12-23(13-18)20(25)22-17-9-6-15(11-17)10-14-4-2-1-3-5-14/h1-5,15-18H,6-13H2,(H,21,24)(H,22,25). The highest BCUT2D eigenvalue weighted by Gasteiger charge is 2.37. The molecule has 4 rings (SSSR count). The van der Waals surface area contributed by atoms with Crippen LogP contribution in [-0.2, 0) is 11.2 Å². The van der Waals surface area contributed by atoms with E-state index in [4.69, 9.17) is 0 Å². The molecule has 2 unspecified atom stereocenters. The molecule has 1 aliphatic heterocycles. The van der Waals surface area contributed by atoms with Gasteiger partial charge >= 0.3 is 6.03 Å². The van der Waals surface area contributed by atoms with Crippen LogP contribution in [0, 0.1) is 11.8 Å². The highest BCUT2D eigenvalue weighted by Crippen LogP contribution is 2.30. The number of nitrogens with one attached hydrogen (secondary N) is 2. The number of urea groups is 1. The second-order valence-corrected chi connectivity index (χ2v) is 7.90. The Kier molecular flexibility index (Phi) is 4.64. The number of nitrogens with zero attached hydrogens (tertiary/aromatic N) is 1. The summed E-state index contributed by atoms with van der Waals surface area (Å²) in [6.07, 6.45) is 6.46. The van der Waals surface area contributed by atoms with Gasteiger partial charge < -0.3 is 15.5 Å². The maximum Gasteiger partial charge on any atom is 0.317 e. The van der Waals surface area contributed by atoms with Crippen LogP contribution in [0.3, 0.4) is 0 Å². The monoisotopic (exact) mass is 341 g/mol. The molecule has 0 spiro atoms. The van der Waals surface area contributed by atoms with Gasteiger partial charge in [-0.25, -0.2) is 4.79 Å². The number of likely N-dealkylation sites (tertiary alicyclic amines) is 1. The number of amides is 3. The first-order valence-corrected chi connectivity index (χ1v) is 9.57. The van der Waals surface area contributed by atoms with E-state index < -0.39 is 0 Å². The van der Waals surface area contributed by atoms with E-state index in [9.17, 15) is 9.59 Å². The summed E-state index contributed by atoms with van der Waals surface area (Å²) < 4.78 is 0. The summed E-state index contributed by atoms with van der Waals surface area (Å²) in [5.41, 5.74) is 1.39. The quantitative estimate of drug-likeness (QED) is 0.863. The van der Waals surface area contributed by atoms with Crippen LogP contribution in [0.2, 0.25) is 0 Å². The Hall–Kier alpha value is -2.04. The first-order valence-electron chi connectivity index (χ1n) is 9.57. The van der Waals surface area contributed by atoms with E-state index in [2.05, 4.69) is 41.0 Å². The van der Waals surface area contributed by atoms with E-state index in [0.29, 0.717) is 25.0 Å². The molecule has 1 aromatic rings. The van der Waals surface area contributed by atoms with Crippen LogP contribution in [-0.4, -0.2) is 42.0 Å². The highest BCUT2D eigenvalue weighted by molar-refractivity contribution is 5.82. The Morgan fingerprint density at radius 3 is 2.44 bits per heavy atom. The molecule has 3 fully saturated rings. The Labute approximate surface area is 149 Å². The van der Waals surface area contributed by atoms with E-state index in [1.807, 2.05) is 4.90 Å². The van der Waals surface area contributed by atoms with Gasteiger partial charge in [0.25, 0.3) is 0 Å². The topological polar surface area (TPSA) is 61.4 Å². The van der Waals surface area contributed by atoms with Crippen molar-refractivity contribution in [2.45, 2.75) is 50.6 Å². The first kappa shape index (κ1) is 16.4. The lowest BCUT2D eigenvalue weighted by atomic mass is 9.98. The van der Waals surface area contributed by atoms with Crippen LogP contribution in [0.5, 0.6) is 0 Å². The van der Waals surface area contributed by atoms with Crippen molar-refractivity contribution in [2.75, 3.05) is 13.1 Å². The zero-order valence-electron chi connectivity index (χ0n) is 14.6. The van der Waals surface area contributed by atoms with Crippen LogP contribution in [0.15, 0.2) is 30.3 Å². The van der Waals surface area contributed by atoms with Gasteiger partial charge in [0.1, 0.15) is 0 Å². The smallest absolute Gasteiger partial charge is 0.317 e. The van der Waals surface area contributed by atoms with Gasteiger partial charge in [-0.2, -0.15) is 0 Å². The summed E-state index contributed by atoms with van der Waals surface area (Å²) in [5, 5.41) is 6.21. The van der Waals surface area contributed by atoms with Crippen LogP contribution >= 0.6 is 0 Å². The van der Waals surface area contributed by atoms with E-state index in [1.54, 1.807) is 0 Å². The third kappa shape index (κ3) is 4.14. The predicted molar refractivity (Wildman–Crippen MR) is 96.0 cm³/mol. The van der Waals surface area contributed by atoms with Crippen molar-refractivity contribution in [1.29, 1.82) is 0 Å². The zero-order chi connectivity index (χ0) is 17.2. The molecule has 0 bridgehead atoms. The molecule has 1 aromatic carbocycles. The van der Waals surface area contributed by atoms with Crippen LogP contribution in [0.4, 0.5) is 4.79 Å². The molecule has 3 aliphatic rings. The van der Waals surface area contributed by atoms with Gasteiger partial charge in [-0.05, 0) is 50.0 Å². The molecule has 1 saturated heterocycles. The number of carbonyl (C=O) groups is 2. The fourth-order valence-electron chi connectivity index (χ4n) is 4.01. The Morgan fingerprint density at radius 1 is 0.960 bits per heavy atom. The molecular formula is C20H27N3O2. The van der Waals surface area contributed by atoms with Crippen molar-refractivity contribution < 1.29 is 9.59 Å². The summed E-state index contributed by atoms with van der Waals surface area (Å²) in [5.74, 6) is 1.07. The summed E-state index contributed by atoms with van der Waals surface area (Å²) in [6.45, 7) is 1.29. The molecule has 0 aromatic heterocycles. The number of hydrogen-bond acceptors (Lipinski definition) is 2. The minimum absolute atomic E-state index is 0.0299. The molecule has 1 heterocycles. The molecule has 2 aliphatic carbocycles. The summed E-state index contributed by atoms with van der Waals surface area (Å²) >= 11 is 0. The summed E-state index contributed by atoms with van der Waals surface area (Å²) in [7, 11) is 0. The van der Waals surface area contributed by atoms with Crippen molar-refractivity contribution in [3.63, 3.8) is 0 Å². The van der Waals surface area contributed by atoms with E-state index in [-0.39, 0.29) is 23.9 Å². The van der Waals surface area contributed by atoms with Crippen LogP contribution in [0.25, 0.3) is 0 Å². The van der Waals surface area contributed by atoms with Crippen molar-refractivity contribution in [1.82, 2.24) is 15.5 Å². The number of benzene rings is 1. The van der Waals surface area contributed by atoms with Crippen molar-refractivity contribution in [2.24, 2.45) is 11.8 Å². The van der Waals surface area contributed by atoms with E-state index in [0.717, 1.165) is 32.1 Å². The van der Waals surface area contributed by atoms with Crippen molar-refractivity contribution in [3.8, 4) is 0 Å². The SMILES string of the molecule is O=C(NC1CN(C(=O)NC2CCC(Cc3ccccc3)C2)C1)C1CC1. The summed E-state index contributed by atoms with van der Waals surface area (Å²) in [4.78, 5) is 25.9. The third-order valence-electron chi connectivity index (χ3n) is 5.70. The Bertz CT molecular complexity index is 623. The normalized spacial score (nSPS) is 26.2. The van der Waals surface area contributed by atoms with Crippen molar-refractivity contribution in [3.05, 3.63) is 35.9 Å². The predicted octanol–water partition coefficient (Wildman–Crippen LogP) is 2.32. The lowest BCUT2D eigenvalue weighted by Crippen LogP contribution is -2.63. The fourth-order valence-corrected chi connectivity index (χ4v) is 4.01. The molecule has 5 nitrogen and oxygen atoms in total. The van der Waals surface area contributed by atoms with Crippen molar-refractivity contribution >= 4 is 11.9 Å². The molecule has 3 amide bonds. The van der Waals surface area contributed by atoms with Gasteiger partial charge in [0.05, 0.1) is 6.04 Å². The average molecular weight is 341 g/mol. The third-order valence-corrected chi connectivity index (χ3v) is 5.70. The number of rotatable bonds is 5. The van der Waals surface area contributed by atoms with Gasteiger partial charge in [0.2, 0.25) is 5.91 Å². The molecular weight excluding hydrogens is 314 g/mol. The molecule has 134 valence electrons. The largest absolute Gasteiger partial charge is 0.350 e. The minimum atomic E-state index is 0.0299. The molecule has 2 N–H and O–H groups in total. The summed E-state index contributed by atoms with van der Waals surface area (Å²) in [6, 6.07) is 11.1. The minimum Gasteiger partial charge on any atom is -0.350 e. The van der Waals surface area contributed by atoms with E-state index >= 15 is 0 Å². The highest BCUT2D eigenvalue weighted by atomic mass is 16.2. The van der Waals surface area contributed by atoms with Gasteiger partial charge in [0.15, 0.2) is 0 Å². The maximum atomic E-state index is 12.3. The Balaban J connectivity index is 1.16. The van der Waals surface area contributed by atoms with Gasteiger partial charge in [-0.3, -0.25) is 4.79 Å². The first-order chi connectivity index (χ1) is 12.2. The fraction of sp³-hybridized carbons (Fsp3) is 0.600. The lowest BCUT2D eigenvalue weighted by Gasteiger charge is -2.40. The second kappa shape index (κ2) is 7.06. The van der Waals surface area contributed by atoms with E-state index in [1.165, 1.54) is 12.0 Å². The lowest BCUT2D eigenvalue weighted by molar-refractivity contribution is -0.123. The molecule has 2 saturated carbocycles. The molecule has 5 heteroatoms. The second-order valence-electron chi connectivity index (χ2n) is 7.90. The Morgan fingerprint density at radius 2 is 1.72 bits per heavy atom. The average Bonchev–Trinajstić information content (AvgIpc) is 3.34. The maximum absolute atomic E-state index is 12.3. The van der Waals surface area contributed by atoms with Crippen LogP contribution in [0.1, 0.15) is 37.7 Å². The van der Waals surface area contributed by atoms with Gasteiger partial charge in [0, 0.05) is 25.0 Å². The number of hydrogen-bond donors (Lipinski definition) is 2. The zero-order valence-corrected chi connectivity index (χ0v) is 14.6.